The van der Waals surface area contributed by atoms with Gasteiger partial charge in [-0.25, -0.2) is 0 Å². The fourth-order valence-corrected chi connectivity index (χ4v) is 4.93. The van der Waals surface area contributed by atoms with Gasteiger partial charge in [-0.15, -0.1) is 0 Å². The van der Waals surface area contributed by atoms with Gasteiger partial charge in [-0.1, -0.05) is 41.0 Å². The van der Waals surface area contributed by atoms with Crippen molar-refractivity contribution >= 4 is 23.4 Å². The first-order valence-corrected chi connectivity index (χ1v) is 13.2. The molecule has 0 radical (unpaired) electrons. The first-order valence-electron chi connectivity index (χ1n) is 13.2. The van der Waals surface area contributed by atoms with Crippen molar-refractivity contribution in [2.75, 3.05) is 51.9 Å². The molecule has 210 valence electrons. The molecule has 2 aliphatic heterocycles. The van der Waals surface area contributed by atoms with E-state index in [0.717, 1.165) is 44.0 Å². The van der Waals surface area contributed by atoms with Gasteiger partial charge in [0.2, 0.25) is 11.4 Å². The number of aromatic hydroxyl groups is 2. The van der Waals surface area contributed by atoms with Gasteiger partial charge in [0.05, 0.1) is 31.6 Å². The maximum absolute atomic E-state index is 12.8. The van der Waals surface area contributed by atoms with Crippen LogP contribution in [-0.2, 0) is 9.53 Å². The fourth-order valence-electron chi connectivity index (χ4n) is 4.93. The predicted octanol–water partition coefficient (Wildman–Crippen LogP) is 3.38. The minimum absolute atomic E-state index is 0.0190. The molecule has 0 unspecified atom stereocenters. The van der Waals surface area contributed by atoms with E-state index in [2.05, 4.69) is 15.4 Å². The highest BCUT2D eigenvalue weighted by Gasteiger charge is 2.29. The van der Waals surface area contributed by atoms with Crippen molar-refractivity contribution in [2.45, 2.75) is 0 Å². The Balaban J connectivity index is 1.22. The summed E-state index contributed by atoms with van der Waals surface area (Å²) in [5, 5.41) is 28.0. The van der Waals surface area contributed by atoms with E-state index in [4.69, 9.17) is 18.8 Å². The number of ether oxygens (including phenoxy) is 3. The molecule has 41 heavy (non-hydrogen) atoms. The number of anilines is 1. The summed E-state index contributed by atoms with van der Waals surface area (Å²) in [7, 11) is 1.50. The number of amides is 1. The van der Waals surface area contributed by atoms with Gasteiger partial charge in [-0.05, 0) is 28.0 Å². The summed E-state index contributed by atoms with van der Waals surface area (Å²) in [6, 6.07) is 16.0. The number of methoxy groups -OCH3 is 1. The highest BCUT2D eigenvalue weighted by molar-refractivity contribution is 6.34. The summed E-state index contributed by atoms with van der Waals surface area (Å²) in [6.45, 7) is 4.39. The van der Waals surface area contributed by atoms with Crippen molar-refractivity contribution < 1.29 is 38.6 Å². The van der Waals surface area contributed by atoms with E-state index in [1.54, 1.807) is 30.5 Å². The Hall–Kier alpha value is -4.87. The number of hydrogen-bond donors (Lipinski definition) is 3. The van der Waals surface area contributed by atoms with Crippen molar-refractivity contribution in [1.82, 2.24) is 10.1 Å². The Bertz CT molecular complexity index is 1610. The van der Waals surface area contributed by atoms with Gasteiger partial charge in [-0.2, -0.15) is 0 Å². The molecule has 11 nitrogen and oxygen atoms in total. The lowest BCUT2D eigenvalue weighted by atomic mass is 9.96. The van der Waals surface area contributed by atoms with E-state index in [-0.39, 0.29) is 17.4 Å². The second-order valence-electron chi connectivity index (χ2n) is 9.65. The molecule has 1 fully saturated rings. The number of phenols is 2. The van der Waals surface area contributed by atoms with Crippen LogP contribution >= 0.6 is 0 Å². The Morgan fingerprint density at radius 1 is 1.05 bits per heavy atom. The molecule has 2 aliphatic rings. The minimum Gasteiger partial charge on any atom is -0.507 e. The van der Waals surface area contributed by atoms with E-state index >= 15 is 0 Å². The molecular formula is C30H29N4O7+. The number of phenolic OH excluding ortho intramolecular Hbond substituents is 2. The van der Waals surface area contributed by atoms with Crippen LogP contribution in [-0.4, -0.2) is 72.7 Å². The maximum Gasteiger partial charge on any atom is 0.420 e. The van der Waals surface area contributed by atoms with Gasteiger partial charge >= 0.3 is 5.88 Å². The summed E-state index contributed by atoms with van der Waals surface area (Å²) < 4.78 is 22.9. The molecule has 3 N–H and O–H groups in total. The molecule has 3 heterocycles. The molecule has 1 amide bonds. The number of nitrogens with one attached hydrogen (secondary N) is 1. The van der Waals surface area contributed by atoms with E-state index in [9.17, 15) is 15.0 Å². The molecular weight excluding hydrogens is 528 g/mol. The quantitative estimate of drug-likeness (QED) is 0.220. The molecule has 1 aromatic heterocycles. The molecule has 0 spiro atoms. The lowest BCUT2D eigenvalue weighted by Gasteiger charge is -2.25. The van der Waals surface area contributed by atoms with Crippen molar-refractivity contribution in [3.05, 3.63) is 66.4 Å². The van der Waals surface area contributed by atoms with Crippen LogP contribution in [0.3, 0.4) is 0 Å². The summed E-state index contributed by atoms with van der Waals surface area (Å²) in [5.41, 5.74) is 4.13. The third-order valence-electron chi connectivity index (χ3n) is 7.12. The lowest BCUT2D eigenvalue weighted by molar-refractivity contribution is -0.772. The normalized spacial score (nSPS) is 16.0. The number of carbonyl (C=O) groups excluding carboxylic acids is 1. The van der Waals surface area contributed by atoms with Gasteiger partial charge in [0.25, 0.3) is 5.91 Å². The van der Waals surface area contributed by atoms with E-state index in [1.807, 2.05) is 24.3 Å². The number of fused-ring (bicyclic) bond motifs is 1. The van der Waals surface area contributed by atoms with Crippen molar-refractivity contribution in [3.8, 4) is 45.4 Å². The molecule has 0 atom stereocenters. The summed E-state index contributed by atoms with van der Waals surface area (Å²) in [4.78, 5) is 15.1. The van der Waals surface area contributed by atoms with Crippen LogP contribution in [0.5, 0.6) is 23.1 Å². The van der Waals surface area contributed by atoms with Crippen LogP contribution in [0.15, 0.2) is 65.4 Å². The number of nitrogens with zero attached hydrogens (tertiary/aromatic N) is 3. The Labute approximate surface area is 235 Å². The van der Waals surface area contributed by atoms with Gasteiger partial charge in [-0.3, -0.25) is 9.69 Å². The zero-order valence-electron chi connectivity index (χ0n) is 22.4. The number of carbonyl (C=O) groups is 1. The number of para-hydroxylation sites is 1. The monoisotopic (exact) mass is 557 g/mol. The maximum atomic E-state index is 12.8. The minimum atomic E-state index is -0.334. The highest BCUT2D eigenvalue weighted by atomic mass is 16.6. The third-order valence-corrected chi connectivity index (χ3v) is 7.12. The van der Waals surface area contributed by atoms with Crippen LogP contribution < -0.4 is 19.5 Å². The number of rotatable bonds is 8. The first-order chi connectivity index (χ1) is 20.0. The molecule has 0 saturated carbocycles. The number of hydrogen-bond acceptors (Lipinski definition) is 9. The van der Waals surface area contributed by atoms with Crippen molar-refractivity contribution in [1.29, 1.82) is 0 Å². The Kier molecular flexibility index (Phi) is 7.28. The SMILES string of the molecule is COc1cccc(-c2ccc(-c3cc4c(cc3O)NC(=O)C4=C[n+]3cc(OCCN4CCOCC4)no3)cc2)c1O. The smallest absolute Gasteiger partial charge is 0.420 e. The van der Waals surface area contributed by atoms with Gasteiger partial charge in [0.1, 0.15) is 12.4 Å². The third kappa shape index (κ3) is 5.45. The second-order valence-corrected chi connectivity index (χ2v) is 9.65. The Morgan fingerprint density at radius 2 is 1.80 bits per heavy atom. The molecule has 0 aliphatic carbocycles. The lowest BCUT2D eigenvalue weighted by Crippen LogP contribution is -2.38. The van der Waals surface area contributed by atoms with Gasteiger partial charge in [0.15, 0.2) is 17.7 Å². The highest BCUT2D eigenvalue weighted by Crippen LogP contribution is 2.42. The van der Waals surface area contributed by atoms with Crippen molar-refractivity contribution in [2.24, 2.45) is 0 Å². The largest absolute Gasteiger partial charge is 0.507 e. The second kappa shape index (κ2) is 11.3. The molecule has 11 heteroatoms. The van der Waals surface area contributed by atoms with Gasteiger partial charge < -0.3 is 29.7 Å². The summed E-state index contributed by atoms with van der Waals surface area (Å²) in [6.07, 6.45) is 3.09. The average Bonchev–Trinajstić information content (AvgIpc) is 3.56. The molecule has 4 aromatic rings. The number of benzene rings is 3. The predicted molar refractivity (Wildman–Crippen MR) is 149 cm³/mol. The van der Waals surface area contributed by atoms with Crippen LogP contribution in [0.4, 0.5) is 5.69 Å². The average molecular weight is 558 g/mol. The summed E-state index contributed by atoms with van der Waals surface area (Å²) >= 11 is 0. The van der Waals surface area contributed by atoms with E-state index in [0.29, 0.717) is 46.2 Å². The van der Waals surface area contributed by atoms with E-state index in [1.165, 1.54) is 24.1 Å². The Morgan fingerprint density at radius 3 is 2.56 bits per heavy atom. The van der Waals surface area contributed by atoms with Crippen LogP contribution in [0, 0.1) is 0 Å². The standard InChI is InChI=1S/C30H28N4O7/c1-38-27-4-2-3-21(29(27)36)19-5-7-20(8-6-19)22-15-23-24(30(37)31-25(23)16-26(22)35)17-34-18-28(32-41-34)40-14-11-33-9-12-39-13-10-33/h2-8,15-18,32H,9-14H2,1H3,(H,31,35,37)/p+1. The van der Waals surface area contributed by atoms with Crippen LogP contribution in [0.2, 0.25) is 0 Å². The molecule has 3 aromatic carbocycles. The fraction of sp³-hybridized carbons (Fsp3) is 0.233. The number of aromatic nitrogens is 2. The van der Waals surface area contributed by atoms with Crippen LogP contribution in [0.1, 0.15) is 5.56 Å². The van der Waals surface area contributed by atoms with Crippen LogP contribution in [0.25, 0.3) is 34.0 Å². The number of morpholine rings is 1. The topological polar surface area (TPSA) is 130 Å². The van der Waals surface area contributed by atoms with E-state index < -0.39 is 0 Å². The zero-order chi connectivity index (χ0) is 28.3. The molecule has 0 bridgehead atoms. The molecule has 1 saturated heterocycles. The first kappa shape index (κ1) is 26.4. The summed E-state index contributed by atoms with van der Waals surface area (Å²) in [5.74, 6) is 0.431. The zero-order valence-corrected chi connectivity index (χ0v) is 22.4. The molecule has 6 rings (SSSR count). The van der Waals surface area contributed by atoms with Gasteiger partial charge in [0, 0.05) is 42.4 Å². The van der Waals surface area contributed by atoms with Crippen molar-refractivity contribution in [3.63, 3.8) is 0 Å².